The predicted octanol–water partition coefficient (Wildman–Crippen LogP) is 1.95. The Balaban J connectivity index is 1.72. The van der Waals surface area contributed by atoms with Crippen LogP contribution in [0.1, 0.15) is 17.5 Å². The van der Waals surface area contributed by atoms with Crippen LogP contribution in [0.4, 0.5) is 5.69 Å². The molecule has 0 saturated carbocycles. The zero-order valence-electron chi connectivity index (χ0n) is 12.4. The number of likely N-dealkylation sites (N-methyl/N-ethyl adjacent to an activating group) is 1. The summed E-state index contributed by atoms with van der Waals surface area (Å²) in [6.45, 7) is 0.787. The Kier molecular flexibility index (Phi) is 3.64. The highest BCUT2D eigenvalue weighted by Crippen LogP contribution is 2.26. The van der Waals surface area contributed by atoms with Crippen molar-refractivity contribution in [2.75, 3.05) is 18.6 Å². The SMILES string of the molecule is CN(C(=O)Cc1ccc2c(c1)CCCO2)c1cnn(C)c1. The molecule has 3 rings (SSSR count). The van der Waals surface area contributed by atoms with Gasteiger partial charge in [-0.1, -0.05) is 12.1 Å². The molecule has 2 aromatic rings. The number of carbonyl (C=O) groups is 1. The molecule has 1 amide bonds. The van der Waals surface area contributed by atoms with Crippen molar-refractivity contribution in [2.45, 2.75) is 19.3 Å². The van der Waals surface area contributed by atoms with Gasteiger partial charge in [-0.3, -0.25) is 9.48 Å². The van der Waals surface area contributed by atoms with Gasteiger partial charge in [0, 0.05) is 20.3 Å². The maximum atomic E-state index is 12.3. The topological polar surface area (TPSA) is 47.4 Å². The van der Waals surface area contributed by atoms with Crippen LogP contribution < -0.4 is 9.64 Å². The predicted molar refractivity (Wildman–Crippen MR) is 80.6 cm³/mol. The standard InChI is InChI=1S/C16H19N3O2/c1-18-11-14(10-17-18)19(2)16(20)9-12-5-6-15-13(8-12)4-3-7-21-15/h5-6,8,10-11H,3-4,7,9H2,1-2H3. The average molecular weight is 285 g/mol. The van der Waals surface area contributed by atoms with E-state index in [1.165, 1.54) is 5.56 Å². The van der Waals surface area contributed by atoms with Crippen molar-refractivity contribution in [2.24, 2.45) is 7.05 Å². The fourth-order valence-electron chi connectivity index (χ4n) is 2.54. The molecule has 0 bridgehead atoms. The molecule has 0 fully saturated rings. The van der Waals surface area contributed by atoms with Gasteiger partial charge in [0.1, 0.15) is 5.75 Å². The number of benzene rings is 1. The molecule has 5 nitrogen and oxygen atoms in total. The highest BCUT2D eigenvalue weighted by atomic mass is 16.5. The normalized spacial score (nSPS) is 13.4. The molecule has 5 heteroatoms. The summed E-state index contributed by atoms with van der Waals surface area (Å²) in [7, 11) is 3.62. The molecule has 1 aliphatic heterocycles. The van der Waals surface area contributed by atoms with E-state index in [0.717, 1.165) is 36.4 Å². The third-order valence-corrected chi connectivity index (χ3v) is 3.78. The number of aromatic nitrogens is 2. The van der Waals surface area contributed by atoms with E-state index in [1.54, 1.807) is 22.8 Å². The second-order valence-electron chi connectivity index (χ2n) is 5.40. The summed E-state index contributed by atoms with van der Waals surface area (Å²) in [5.74, 6) is 1.01. The Morgan fingerprint density at radius 1 is 1.48 bits per heavy atom. The van der Waals surface area contributed by atoms with E-state index in [4.69, 9.17) is 4.74 Å². The third-order valence-electron chi connectivity index (χ3n) is 3.78. The van der Waals surface area contributed by atoms with E-state index in [-0.39, 0.29) is 5.91 Å². The van der Waals surface area contributed by atoms with Crippen molar-refractivity contribution >= 4 is 11.6 Å². The van der Waals surface area contributed by atoms with Gasteiger partial charge in [-0.15, -0.1) is 0 Å². The first-order chi connectivity index (χ1) is 10.1. The second-order valence-corrected chi connectivity index (χ2v) is 5.40. The van der Waals surface area contributed by atoms with Crippen LogP contribution in [0.3, 0.4) is 0 Å². The number of hydrogen-bond donors (Lipinski definition) is 0. The minimum absolute atomic E-state index is 0.0553. The molecule has 21 heavy (non-hydrogen) atoms. The van der Waals surface area contributed by atoms with E-state index >= 15 is 0 Å². The number of carbonyl (C=O) groups excluding carboxylic acids is 1. The highest BCUT2D eigenvalue weighted by Gasteiger charge is 2.15. The Morgan fingerprint density at radius 3 is 3.10 bits per heavy atom. The number of nitrogens with zero attached hydrogens (tertiary/aromatic N) is 3. The van der Waals surface area contributed by atoms with Crippen molar-refractivity contribution < 1.29 is 9.53 Å². The van der Waals surface area contributed by atoms with Crippen LogP contribution in [0, 0.1) is 0 Å². The average Bonchev–Trinajstić information content (AvgIpc) is 2.93. The summed E-state index contributed by atoms with van der Waals surface area (Å²) >= 11 is 0. The molecule has 0 spiro atoms. The van der Waals surface area contributed by atoms with E-state index in [2.05, 4.69) is 11.2 Å². The van der Waals surface area contributed by atoms with Gasteiger partial charge in [-0.25, -0.2) is 0 Å². The summed E-state index contributed by atoms with van der Waals surface area (Å²) in [4.78, 5) is 14.0. The minimum Gasteiger partial charge on any atom is -0.493 e. The minimum atomic E-state index is 0.0553. The van der Waals surface area contributed by atoms with Crippen LogP contribution in [-0.4, -0.2) is 29.3 Å². The van der Waals surface area contributed by atoms with Crippen molar-refractivity contribution in [3.63, 3.8) is 0 Å². The molecule has 1 aromatic heterocycles. The van der Waals surface area contributed by atoms with Gasteiger partial charge in [0.05, 0.1) is 24.9 Å². The molecule has 0 unspecified atom stereocenters. The summed E-state index contributed by atoms with van der Waals surface area (Å²) in [6, 6.07) is 6.03. The van der Waals surface area contributed by atoms with Gasteiger partial charge in [0.25, 0.3) is 0 Å². The summed E-state index contributed by atoms with van der Waals surface area (Å²) in [5, 5.41) is 4.09. The molecule has 1 aliphatic rings. The number of aryl methyl sites for hydroxylation is 2. The lowest BCUT2D eigenvalue weighted by molar-refractivity contribution is -0.117. The zero-order chi connectivity index (χ0) is 14.8. The molecule has 0 aliphatic carbocycles. The van der Waals surface area contributed by atoms with Gasteiger partial charge in [0.15, 0.2) is 0 Å². The highest BCUT2D eigenvalue weighted by molar-refractivity contribution is 5.94. The maximum absolute atomic E-state index is 12.3. The molecule has 0 atom stereocenters. The number of anilines is 1. The van der Waals surface area contributed by atoms with E-state index in [1.807, 2.05) is 25.4 Å². The van der Waals surface area contributed by atoms with Crippen LogP contribution >= 0.6 is 0 Å². The summed E-state index contributed by atoms with van der Waals surface area (Å²) in [6.07, 6.45) is 5.98. The number of ether oxygens (including phenoxy) is 1. The molecule has 0 N–H and O–H groups in total. The molecule has 0 radical (unpaired) electrons. The second kappa shape index (κ2) is 5.60. The first-order valence-electron chi connectivity index (χ1n) is 7.13. The molecule has 1 aromatic carbocycles. The van der Waals surface area contributed by atoms with Crippen LogP contribution in [0.25, 0.3) is 0 Å². The lowest BCUT2D eigenvalue weighted by Gasteiger charge is -2.19. The largest absolute Gasteiger partial charge is 0.493 e. The van der Waals surface area contributed by atoms with Crippen LogP contribution in [0.2, 0.25) is 0 Å². The summed E-state index contributed by atoms with van der Waals surface area (Å²) < 4.78 is 7.29. The van der Waals surface area contributed by atoms with Gasteiger partial charge in [-0.2, -0.15) is 5.10 Å². The van der Waals surface area contributed by atoms with Gasteiger partial charge in [0.2, 0.25) is 5.91 Å². The number of fused-ring (bicyclic) bond motifs is 1. The molecular weight excluding hydrogens is 266 g/mol. The van der Waals surface area contributed by atoms with E-state index in [9.17, 15) is 4.79 Å². The number of amides is 1. The lowest BCUT2D eigenvalue weighted by Crippen LogP contribution is -2.27. The third kappa shape index (κ3) is 2.91. The van der Waals surface area contributed by atoms with Crippen molar-refractivity contribution in [1.82, 2.24) is 9.78 Å². The van der Waals surface area contributed by atoms with Gasteiger partial charge in [-0.05, 0) is 30.0 Å². The molecular formula is C16H19N3O2. The monoisotopic (exact) mass is 285 g/mol. The maximum Gasteiger partial charge on any atom is 0.231 e. The number of rotatable bonds is 3. The number of hydrogen-bond acceptors (Lipinski definition) is 3. The molecule has 2 heterocycles. The Labute approximate surface area is 124 Å². The first-order valence-corrected chi connectivity index (χ1v) is 7.13. The van der Waals surface area contributed by atoms with E-state index in [0.29, 0.717) is 6.42 Å². The van der Waals surface area contributed by atoms with Crippen LogP contribution in [0.5, 0.6) is 5.75 Å². The summed E-state index contributed by atoms with van der Waals surface area (Å²) in [5.41, 5.74) is 3.04. The zero-order valence-corrected chi connectivity index (χ0v) is 12.4. The Bertz CT molecular complexity index is 663. The smallest absolute Gasteiger partial charge is 0.231 e. The van der Waals surface area contributed by atoms with Crippen molar-refractivity contribution in [3.05, 3.63) is 41.7 Å². The van der Waals surface area contributed by atoms with Gasteiger partial charge < -0.3 is 9.64 Å². The van der Waals surface area contributed by atoms with Crippen LogP contribution in [0.15, 0.2) is 30.6 Å². The lowest BCUT2D eigenvalue weighted by atomic mass is 10.0. The molecule has 110 valence electrons. The Morgan fingerprint density at radius 2 is 2.33 bits per heavy atom. The van der Waals surface area contributed by atoms with Crippen molar-refractivity contribution in [1.29, 1.82) is 0 Å². The quantitative estimate of drug-likeness (QED) is 0.866. The molecule has 0 saturated heterocycles. The first kappa shape index (κ1) is 13.7. The fourth-order valence-corrected chi connectivity index (χ4v) is 2.54. The van der Waals surface area contributed by atoms with Crippen molar-refractivity contribution in [3.8, 4) is 5.75 Å². The fraction of sp³-hybridized carbons (Fsp3) is 0.375. The Hall–Kier alpha value is -2.30. The van der Waals surface area contributed by atoms with E-state index < -0.39 is 0 Å². The van der Waals surface area contributed by atoms with Gasteiger partial charge >= 0.3 is 0 Å². The van der Waals surface area contributed by atoms with Crippen LogP contribution in [-0.2, 0) is 24.7 Å².